The molecule has 5 aromatic rings. The van der Waals surface area contributed by atoms with Gasteiger partial charge in [-0.05, 0) is 35.8 Å². The number of hydrogen-bond acceptors (Lipinski definition) is 5. The van der Waals surface area contributed by atoms with Gasteiger partial charge in [0.1, 0.15) is 6.54 Å². The number of nitrogens with one attached hydrogen (secondary N) is 1. The monoisotopic (exact) mass is 486 g/mol. The van der Waals surface area contributed by atoms with Crippen molar-refractivity contribution in [3.05, 3.63) is 94.7 Å². The molecule has 5 rings (SSSR count). The minimum absolute atomic E-state index is 0.0678. The van der Waals surface area contributed by atoms with E-state index in [1.54, 1.807) is 27.9 Å². The Morgan fingerprint density at radius 1 is 1.06 bits per heavy atom. The van der Waals surface area contributed by atoms with E-state index in [0.29, 0.717) is 17.1 Å². The van der Waals surface area contributed by atoms with Gasteiger partial charge in [-0.25, -0.2) is 4.68 Å². The van der Waals surface area contributed by atoms with E-state index in [0.717, 1.165) is 27.4 Å². The molecule has 1 N–H and O–H groups in total. The lowest BCUT2D eigenvalue weighted by Gasteiger charge is -2.18. The number of nitrogens with zero attached hydrogens (tertiary/aromatic N) is 5. The first-order chi connectivity index (χ1) is 16.6. The van der Waals surface area contributed by atoms with Gasteiger partial charge in [-0.15, -0.1) is 11.3 Å². The second-order valence-corrected chi connectivity index (χ2v) is 9.15. The molecule has 2 aromatic carbocycles. The third-order valence-electron chi connectivity index (χ3n) is 5.48. The van der Waals surface area contributed by atoms with Gasteiger partial charge in [-0.1, -0.05) is 54.6 Å². The van der Waals surface area contributed by atoms with Crippen molar-refractivity contribution in [2.45, 2.75) is 13.1 Å². The summed E-state index contributed by atoms with van der Waals surface area (Å²) in [5, 5.41) is 13.9. The number of H-pyrrole nitrogens is 1. The van der Waals surface area contributed by atoms with Crippen LogP contribution in [0.4, 0.5) is 0 Å². The van der Waals surface area contributed by atoms with Gasteiger partial charge in [0.15, 0.2) is 10.6 Å². The second-order valence-electron chi connectivity index (χ2n) is 7.81. The number of thiophene rings is 1. The summed E-state index contributed by atoms with van der Waals surface area (Å²) in [6, 6.07) is 23.9. The van der Waals surface area contributed by atoms with Crippen LogP contribution in [0.1, 0.15) is 5.56 Å². The molecular weight excluding hydrogens is 464 g/mol. The van der Waals surface area contributed by atoms with E-state index >= 15 is 0 Å². The van der Waals surface area contributed by atoms with Crippen LogP contribution in [0.3, 0.4) is 0 Å². The fraction of sp³-hybridized carbons (Fsp3) is 0.120. The standard InChI is InChI=1S/C25H22N6OS2/c1-29(22(32)17-30-24(26-27-25(30)33)21-13-8-14-34-21)15-19-16-31(20-11-6-3-7-12-20)28-23(19)18-9-4-2-5-10-18/h2-14,16H,15,17H2,1H3,(H,27,33). The van der Waals surface area contributed by atoms with E-state index in [9.17, 15) is 4.79 Å². The van der Waals surface area contributed by atoms with E-state index in [-0.39, 0.29) is 12.5 Å². The molecule has 1 amide bonds. The Morgan fingerprint density at radius 3 is 2.50 bits per heavy atom. The number of para-hydroxylation sites is 1. The van der Waals surface area contributed by atoms with Gasteiger partial charge in [0.05, 0.1) is 16.3 Å². The van der Waals surface area contributed by atoms with Gasteiger partial charge in [0, 0.05) is 30.9 Å². The molecule has 0 aliphatic heterocycles. The molecule has 7 nitrogen and oxygen atoms in total. The highest BCUT2D eigenvalue weighted by Crippen LogP contribution is 2.26. The molecule has 170 valence electrons. The molecule has 0 aliphatic rings. The minimum Gasteiger partial charge on any atom is -0.340 e. The number of likely N-dealkylation sites (N-methyl/N-ethyl adjacent to an activating group) is 1. The molecule has 0 saturated carbocycles. The van der Waals surface area contributed by atoms with Crippen LogP contribution in [-0.2, 0) is 17.9 Å². The normalized spacial score (nSPS) is 11.0. The van der Waals surface area contributed by atoms with E-state index in [2.05, 4.69) is 10.2 Å². The number of benzene rings is 2. The molecule has 0 spiro atoms. The van der Waals surface area contributed by atoms with Crippen LogP contribution in [0.25, 0.3) is 27.6 Å². The average Bonchev–Trinajstić information content (AvgIpc) is 3.61. The van der Waals surface area contributed by atoms with Crippen molar-refractivity contribution in [3.8, 4) is 27.6 Å². The number of aromatic nitrogens is 5. The Balaban J connectivity index is 1.42. The second kappa shape index (κ2) is 9.58. The lowest BCUT2D eigenvalue weighted by Crippen LogP contribution is -2.30. The zero-order valence-electron chi connectivity index (χ0n) is 18.5. The first-order valence-electron chi connectivity index (χ1n) is 10.7. The van der Waals surface area contributed by atoms with Crippen molar-refractivity contribution in [1.82, 2.24) is 29.4 Å². The van der Waals surface area contributed by atoms with Crippen LogP contribution >= 0.6 is 23.6 Å². The largest absolute Gasteiger partial charge is 0.340 e. The van der Waals surface area contributed by atoms with E-state index in [1.165, 1.54) is 0 Å². The summed E-state index contributed by atoms with van der Waals surface area (Å²) in [5.41, 5.74) is 3.78. The summed E-state index contributed by atoms with van der Waals surface area (Å²) in [5.74, 6) is 0.602. The summed E-state index contributed by atoms with van der Waals surface area (Å²) in [4.78, 5) is 15.9. The highest BCUT2D eigenvalue weighted by atomic mass is 32.1. The number of carbonyl (C=O) groups is 1. The van der Waals surface area contributed by atoms with Crippen LogP contribution in [0, 0.1) is 4.77 Å². The minimum atomic E-state index is -0.0678. The molecule has 0 atom stereocenters. The number of hydrogen-bond donors (Lipinski definition) is 1. The topological polar surface area (TPSA) is 71.7 Å². The average molecular weight is 487 g/mol. The first kappa shape index (κ1) is 22.0. The number of amides is 1. The maximum Gasteiger partial charge on any atom is 0.242 e. The first-order valence-corrected chi connectivity index (χ1v) is 12.0. The molecule has 9 heteroatoms. The van der Waals surface area contributed by atoms with Crippen molar-refractivity contribution >= 4 is 29.5 Å². The van der Waals surface area contributed by atoms with Gasteiger partial charge in [-0.2, -0.15) is 10.2 Å². The van der Waals surface area contributed by atoms with Crippen molar-refractivity contribution < 1.29 is 4.79 Å². The summed E-state index contributed by atoms with van der Waals surface area (Å²) >= 11 is 6.95. The Kier molecular flexibility index (Phi) is 6.20. The van der Waals surface area contributed by atoms with E-state index in [4.69, 9.17) is 17.3 Å². The van der Waals surface area contributed by atoms with Gasteiger partial charge < -0.3 is 4.90 Å². The third-order valence-corrected chi connectivity index (χ3v) is 6.66. The lowest BCUT2D eigenvalue weighted by molar-refractivity contribution is -0.131. The Bertz CT molecular complexity index is 1450. The Hall–Kier alpha value is -3.82. The predicted molar refractivity (Wildman–Crippen MR) is 136 cm³/mol. The van der Waals surface area contributed by atoms with Gasteiger partial charge in [0.25, 0.3) is 0 Å². The predicted octanol–water partition coefficient (Wildman–Crippen LogP) is 5.18. The zero-order valence-corrected chi connectivity index (χ0v) is 20.1. The van der Waals surface area contributed by atoms with Crippen molar-refractivity contribution in [2.75, 3.05) is 7.05 Å². The zero-order chi connectivity index (χ0) is 23.5. The maximum atomic E-state index is 13.2. The maximum absolute atomic E-state index is 13.2. The van der Waals surface area contributed by atoms with Crippen LogP contribution < -0.4 is 0 Å². The van der Waals surface area contributed by atoms with Gasteiger partial charge >= 0.3 is 0 Å². The highest BCUT2D eigenvalue weighted by molar-refractivity contribution is 7.71. The molecule has 3 heterocycles. The van der Waals surface area contributed by atoms with Crippen LogP contribution in [0.5, 0.6) is 0 Å². The molecule has 0 bridgehead atoms. The Morgan fingerprint density at radius 2 is 1.79 bits per heavy atom. The number of rotatable bonds is 7. The quantitative estimate of drug-likeness (QED) is 0.322. The van der Waals surface area contributed by atoms with Crippen molar-refractivity contribution in [3.63, 3.8) is 0 Å². The SMILES string of the molecule is CN(Cc1cn(-c2ccccc2)nc1-c1ccccc1)C(=O)Cn1c(-c2cccs2)n[nH]c1=S. The summed E-state index contributed by atoms with van der Waals surface area (Å²) < 4.78 is 4.02. The van der Waals surface area contributed by atoms with Gasteiger partial charge in [0.2, 0.25) is 5.91 Å². The van der Waals surface area contributed by atoms with Gasteiger partial charge in [-0.3, -0.25) is 14.5 Å². The number of carbonyl (C=O) groups excluding carboxylic acids is 1. The van der Waals surface area contributed by atoms with Crippen LogP contribution in [0.2, 0.25) is 0 Å². The Labute approximate surface area is 205 Å². The van der Waals surface area contributed by atoms with E-state index < -0.39 is 0 Å². The summed E-state index contributed by atoms with van der Waals surface area (Å²) in [6.45, 7) is 0.516. The molecule has 0 saturated heterocycles. The summed E-state index contributed by atoms with van der Waals surface area (Å²) in [7, 11) is 1.80. The van der Waals surface area contributed by atoms with E-state index in [1.807, 2.05) is 89.1 Å². The fourth-order valence-electron chi connectivity index (χ4n) is 3.74. The van der Waals surface area contributed by atoms with Crippen LogP contribution in [0.15, 0.2) is 84.4 Å². The smallest absolute Gasteiger partial charge is 0.242 e. The lowest BCUT2D eigenvalue weighted by atomic mass is 10.1. The molecule has 34 heavy (non-hydrogen) atoms. The fourth-order valence-corrected chi connectivity index (χ4v) is 4.65. The molecular formula is C25H22N6OS2. The van der Waals surface area contributed by atoms with Crippen molar-refractivity contribution in [2.24, 2.45) is 0 Å². The molecule has 0 aliphatic carbocycles. The molecule has 0 radical (unpaired) electrons. The molecule has 0 fully saturated rings. The molecule has 0 unspecified atom stereocenters. The molecule has 3 aromatic heterocycles. The van der Waals surface area contributed by atoms with Crippen molar-refractivity contribution in [1.29, 1.82) is 0 Å². The highest BCUT2D eigenvalue weighted by Gasteiger charge is 2.19. The van der Waals surface area contributed by atoms with Crippen LogP contribution in [-0.4, -0.2) is 42.4 Å². The summed E-state index contributed by atoms with van der Waals surface area (Å²) in [6.07, 6.45) is 1.99. The third kappa shape index (κ3) is 4.48. The number of aromatic amines is 1.